The van der Waals surface area contributed by atoms with Gasteiger partial charge in [-0.2, -0.15) is 0 Å². The maximum Gasteiger partial charge on any atom is 0.338 e. The van der Waals surface area contributed by atoms with Gasteiger partial charge >= 0.3 is 5.97 Å². The third-order valence-corrected chi connectivity index (χ3v) is 8.71. The van der Waals surface area contributed by atoms with Crippen LogP contribution in [0.25, 0.3) is 6.08 Å². The molecule has 13 heteroatoms. The Morgan fingerprint density at radius 2 is 1.79 bits per heavy atom. The number of non-ortho nitro benzene ring substituents is 1. The summed E-state index contributed by atoms with van der Waals surface area (Å²) in [6.45, 7) is 3.70. The molecule has 1 aromatic heterocycles. The second kappa shape index (κ2) is 12.7. The highest BCUT2D eigenvalue weighted by Gasteiger charge is 2.33. The SMILES string of the molecule is CCOC(=O)C1=C(C)N=c2s/c(=C\c3cc(Br)c(OCc4ccc([N+](=O)[O-])cc4)c(Br)c3)c(=O)n2[C@H]1c1ccc(F)cc1. The van der Waals surface area contributed by atoms with Crippen LogP contribution in [0.15, 0.2) is 90.7 Å². The first-order valence-electron chi connectivity index (χ1n) is 12.9. The van der Waals surface area contributed by atoms with Gasteiger partial charge in [0.15, 0.2) is 4.80 Å². The first-order valence-corrected chi connectivity index (χ1v) is 15.3. The number of fused-ring (bicyclic) bond motifs is 1. The Labute approximate surface area is 265 Å². The summed E-state index contributed by atoms with van der Waals surface area (Å²) >= 11 is 8.24. The maximum absolute atomic E-state index is 13.8. The van der Waals surface area contributed by atoms with Crippen molar-refractivity contribution < 1.29 is 23.6 Å². The van der Waals surface area contributed by atoms with Gasteiger partial charge in [-0.1, -0.05) is 23.5 Å². The van der Waals surface area contributed by atoms with E-state index >= 15 is 0 Å². The van der Waals surface area contributed by atoms with E-state index in [1.54, 1.807) is 56.3 Å². The Kier molecular flexibility index (Phi) is 9.04. The zero-order chi connectivity index (χ0) is 30.8. The molecule has 1 atom stereocenters. The maximum atomic E-state index is 13.8. The number of hydrogen-bond acceptors (Lipinski definition) is 8. The molecule has 0 amide bonds. The number of aromatic nitrogens is 1. The predicted octanol–water partition coefficient (Wildman–Crippen LogP) is 5.95. The lowest BCUT2D eigenvalue weighted by Gasteiger charge is -2.24. The van der Waals surface area contributed by atoms with Crippen LogP contribution in [0.5, 0.6) is 5.75 Å². The van der Waals surface area contributed by atoms with Gasteiger partial charge in [-0.25, -0.2) is 14.2 Å². The van der Waals surface area contributed by atoms with Gasteiger partial charge < -0.3 is 9.47 Å². The summed E-state index contributed by atoms with van der Waals surface area (Å²) in [5, 5.41) is 10.9. The van der Waals surface area contributed by atoms with E-state index in [1.807, 2.05) is 0 Å². The van der Waals surface area contributed by atoms with Crippen molar-refractivity contribution in [1.29, 1.82) is 0 Å². The van der Waals surface area contributed by atoms with E-state index < -0.39 is 22.8 Å². The van der Waals surface area contributed by atoms with Crippen LogP contribution in [0.1, 0.15) is 36.6 Å². The molecule has 3 aromatic carbocycles. The highest BCUT2D eigenvalue weighted by Crippen LogP contribution is 2.36. The van der Waals surface area contributed by atoms with Crippen molar-refractivity contribution in [3.8, 4) is 5.75 Å². The van der Waals surface area contributed by atoms with E-state index in [1.165, 1.54) is 40.2 Å². The fourth-order valence-corrected chi connectivity index (χ4v) is 7.07. The second-order valence-electron chi connectivity index (χ2n) is 9.38. The molecule has 0 N–H and O–H groups in total. The summed E-state index contributed by atoms with van der Waals surface area (Å²) < 4.78 is 28.1. The molecule has 0 aliphatic carbocycles. The number of halogens is 3. The van der Waals surface area contributed by atoms with E-state index in [2.05, 4.69) is 36.9 Å². The number of nitrogens with zero attached hydrogens (tertiary/aromatic N) is 3. The number of thiazole rings is 1. The average Bonchev–Trinajstić information content (AvgIpc) is 3.26. The lowest BCUT2D eigenvalue weighted by Crippen LogP contribution is -2.39. The van der Waals surface area contributed by atoms with Crippen LogP contribution in [0.4, 0.5) is 10.1 Å². The number of nitro benzene ring substituents is 1. The van der Waals surface area contributed by atoms with Crippen molar-refractivity contribution in [1.82, 2.24) is 4.57 Å². The average molecular weight is 731 g/mol. The van der Waals surface area contributed by atoms with Crippen LogP contribution >= 0.6 is 43.2 Å². The van der Waals surface area contributed by atoms with Gasteiger partial charge in [-0.15, -0.1) is 0 Å². The Bertz CT molecular complexity index is 1930. The molecule has 0 saturated carbocycles. The smallest absolute Gasteiger partial charge is 0.338 e. The van der Waals surface area contributed by atoms with E-state index in [4.69, 9.17) is 9.47 Å². The largest absolute Gasteiger partial charge is 0.487 e. The van der Waals surface area contributed by atoms with Crippen molar-refractivity contribution in [3.63, 3.8) is 0 Å². The van der Waals surface area contributed by atoms with E-state index in [0.717, 1.165) is 5.56 Å². The molecule has 0 radical (unpaired) electrons. The number of ether oxygens (including phenoxy) is 2. The summed E-state index contributed by atoms with van der Waals surface area (Å²) in [5.41, 5.74) is 2.25. The monoisotopic (exact) mass is 729 g/mol. The normalized spacial score (nSPS) is 14.7. The van der Waals surface area contributed by atoms with E-state index in [9.17, 15) is 24.1 Å². The number of carbonyl (C=O) groups excluding carboxylic acids is 1. The molecule has 0 saturated heterocycles. The minimum absolute atomic E-state index is 0.00277. The predicted molar refractivity (Wildman–Crippen MR) is 166 cm³/mol. The zero-order valence-electron chi connectivity index (χ0n) is 22.7. The van der Waals surface area contributed by atoms with Gasteiger partial charge in [-0.3, -0.25) is 19.5 Å². The van der Waals surface area contributed by atoms with Crippen molar-refractivity contribution in [3.05, 3.63) is 133 Å². The summed E-state index contributed by atoms with van der Waals surface area (Å²) in [5.74, 6) is -0.515. The van der Waals surface area contributed by atoms with Gasteiger partial charge in [0.05, 0.1) is 42.3 Å². The topological polar surface area (TPSA) is 113 Å². The lowest BCUT2D eigenvalue weighted by atomic mass is 9.96. The van der Waals surface area contributed by atoms with Crippen LogP contribution in [0.2, 0.25) is 0 Å². The molecule has 0 spiro atoms. The molecule has 43 heavy (non-hydrogen) atoms. The van der Waals surface area contributed by atoms with Gasteiger partial charge in [0.2, 0.25) is 0 Å². The van der Waals surface area contributed by atoms with Gasteiger partial charge in [0.1, 0.15) is 18.2 Å². The Balaban J connectivity index is 1.51. The molecule has 1 aliphatic rings. The van der Waals surface area contributed by atoms with Crippen molar-refractivity contribution >= 4 is 60.9 Å². The molecular weight excluding hydrogens is 709 g/mol. The van der Waals surface area contributed by atoms with Gasteiger partial charge in [0.25, 0.3) is 11.2 Å². The van der Waals surface area contributed by atoms with Crippen LogP contribution in [-0.2, 0) is 16.1 Å². The molecule has 9 nitrogen and oxygen atoms in total. The summed E-state index contributed by atoms with van der Waals surface area (Å²) in [7, 11) is 0. The molecule has 0 unspecified atom stereocenters. The Morgan fingerprint density at radius 1 is 1.14 bits per heavy atom. The molecule has 220 valence electrons. The quantitative estimate of drug-likeness (QED) is 0.126. The van der Waals surface area contributed by atoms with Crippen molar-refractivity contribution in [2.45, 2.75) is 26.5 Å². The molecule has 0 fully saturated rings. The van der Waals surface area contributed by atoms with Crippen LogP contribution in [0.3, 0.4) is 0 Å². The van der Waals surface area contributed by atoms with E-state index in [-0.39, 0.29) is 30.0 Å². The lowest BCUT2D eigenvalue weighted by molar-refractivity contribution is -0.384. The van der Waals surface area contributed by atoms with Crippen LogP contribution in [0, 0.1) is 15.9 Å². The second-order valence-corrected chi connectivity index (χ2v) is 12.1. The number of rotatable bonds is 8. The fraction of sp³-hybridized carbons (Fsp3) is 0.167. The van der Waals surface area contributed by atoms with Crippen molar-refractivity contribution in [2.24, 2.45) is 4.99 Å². The number of carbonyl (C=O) groups is 1. The summed E-state index contributed by atoms with van der Waals surface area (Å²) in [6, 6.07) is 14.5. The van der Waals surface area contributed by atoms with Gasteiger partial charge in [-0.05, 0) is 105 Å². The highest BCUT2D eigenvalue weighted by molar-refractivity contribution is 9.11. The number of nitro groups is 1. The molecule has 0 bridgehead atoms. The first-order chi connectivity index (χ1) is 20.6. The molecule has 4 aromatic rings. The minimum atomic E-state index is -0.841. The number of esters is 1. The van der Waals surface area contributed by atoms with E-state index in [0.29, 0.717) is 40.9 Å². The fourth-order valence-electron chi connectivity index (χ4n) is 4.57. The number of benzene rings is 3. The Morgan fingerprint density at radius 3 is 2.40 bits per heavy atom. The standard InChI is InChI=1S/C30H22Br2FN3O6S/c1-3-41-29(38)25-16(2)34-30-35(26(25)19-6-8-20(33)9-7-19)28(37)24(43-30)14-18-12-22(31)27(23(32)13-18)42-15-17-4-10-21(11-5-17)36(39)40/h4-14,26H,3,15H2,1-2H3/b24-14-/t26-/m0/s1. The number of hydrogen-bond donors (Lipinski definition) is 0. The number of allylic oxidation sites excluding steroid dienone is 1. The zero-order valence-corrected chi connectivity index (χ0v) is 26.7. The molecule has 5 rings (SSSR count). The van der Waals surface area contributed by atoms with Gasteiger partial charge in [0, 0.05) is 12.1 Å². The summed E-state index contributed by atoms with van der Waals surface area (Å²) in [4.78, 5) is 42.2. The molecule has 2 heterocycles. The molecule has 1 aliphatic heterocycles. The van der Waals surface area contributed by atoms with Crippen LogP contribution in [-0.4, -0.2) is 22.1 Å². The van der Waals surface area contributed by atoms with Crippen molar-refractivity contribution in [2.75, 3.05) is 6.61 Å². The minimum Gasteiger partial charge on any atom is -0.487 e. The van der Waals surface area contributed by atoms with Crippen LogP contribution < -0.4 is 19.6 Å². The Hall–Kier alpha value is -3.94. The first kappa shape index (κ1) is 30.5. The molecular formula is C30H22Br2FN3O6S. The third kappa shape index (κ3) is 6.38. The highest BCUT2D eigenvalue weighted by atomic mass is 79.9. The third-order valence-electron chi connectivity index (χ3n) is 6.55. The summed E-state index contributed by atoms with van der Waals surface area (Å²) in [6.07, 6.45) is 1.71.